The van der Waals surface area contributed by atoms with Crippen molar-refractivity contribution in [3.8, 4) is 11.3 Å². The molecule has 1 aliphatic rings. The van der Waals surface area contributed by atoms with E-state index < -0.39 is 11.9 Å². The monoisotopic (exact) mass is 310 g/mol. The summed E-state index contributed by atoms with van der Waals surface area (Å²) in [6.07, 6.45) is 0.510. The van der Waals surface area contributed by atoms with Gasteiger partial charge in [-0.3, -0.25) is 14.6 Å². The summed E-state index contributed by atoms with van der Waals surface area (Å²) in [4.78, 5) is 29.7. The van der Waals surface area contributed by atoms with Crippen molar-refractivity contribution in [1.82, 2.24) is 9.88 Å². The van der Waals surface area contributed by atoms with Gasteiger partial charge in [-0.25, -0.2) is 0 Å². The molecular formula is C18H18N2O3. The van der Waals surface area contributed by atoms with Gasteiger partial charge >= 0.3 is 5.97 Å². The number of pyridine rings is 1. The second-order valence-electron chi connectivity index (χ2n) is 5.77. The standard InChI is InChI=1S/C18H18N2O3/c1-12-15(17(21)20-10-9-14(11-20)18(22)23)7-8-16(19-12)13-5-3-2-4-6-13/h2-8,14H,9-11H2,1H3,(H,22,23)/t14-/m0/s1. The van der Waals surface area contributed by atoms with Gasteiger partial charge in [0.25, 0.3) is 5.91 Å². The highest BCUT2D eigenvalue weighted by molar-refractivity contribution is 5.96. The summed E-state index contributed by atoms with van der Waals surface area (Å²) in [5.74, 6) is -1.44. The average Bonchev–Trinajstić information content (AvgIpc) is 3.05. The summed E-state index contributed by atoms with van der Waals surface area (Å²) < 4.78 is 0. The molecule has 118 valence electrons. The highest BCUT2D eigenvalue weighted by Crippen LogP contribution is 2.22. The van der Waals surface area contributed by atoms with Crippen molar-refractivity contribution < 1.29 is 14.7 Å². The maximum atomic E-state index is 12.6. The third-order valence-corrected chi connectivity index (χ3v) is 4.21. The van der Waals surface area contributed by atoms with Gasteiger partial charge in [0, 0.05) is 18.7 Å². The first kappa shape index (κ1) is 15.2. The molecule has 1 amide bonds. The number of aryl methyl sites for hydroxylation is 1. The number of likely N-dealkylation sites (tertiary alicyclic amines) is 1. The maximum Gasteiger partial charge on any atom is 0.308 e. The van der Waals surface area contributed by atoms with E-state index in [1.165, 1.54) is 0 Å². The predicted octanol–water partition coefficient (Wildman–Crippen LogP) is 2.60. The fourth-order valence-electron chi connectivity index (χ4n) is 2.87. The summed E-state index contributed by atoms with van der Waals surface area (Å²) in [6.45, 7) is 2.56. The lowest BCUT2D eigenvalue weighted by molar-refractivity contribution is -0.141. The molecule has 1 fully saturated rings. The molecule has 0 spiro atoms. The third kappa shape index (κ3) is 3.08. The zero-order chi connectivity index (χ0) is 16.4. The van der Waals surface area contributed by atoms with Gasteiger partial charge in [0.15, 0.2) is 0 Å². The highest BCUT2D eigenvalue weighted by atomic mass is 16.4. The molecule has 1 aromatic carbocycles. The minimum Gasteiger partial charge on any atom is -0.481 e. The first-order valence-corrected chi connectivity index (χ1v) is 7.61. The molecule has 2 heterocycles. The number of carbonyl (C=O) groups excluding carboxylic acids is 1. The van der Waals surface area contributed by atoms with Crippen LogP contribution in [0.1, 0.15) is 22.5 Å². The van der Waals surface area contributed by atoms with Crippen LogP contribution in [-0.4, -0.2) is 40.0 Å². The number of carboxylic acids is 1. The smallest absolute Gasteiger partial charge is 0.308 e. The van der Waals surface area contributed by atoms with Crippen LogP contribution in [-0.2, 0) is 4.79 Å². The highest BCUT2D eigenvalue weighted by Gasteiger charge is 2.31. The Hall–Kier alpha value is -2.69. The van der Waals surface area contributed by atoms with Crippen molar-refractivity contribution >= 4 is 11.9 Å². The molecule has 1 aliphatic heterocycles. The van der Waals surface area contributed by atoms with Crippen LogP contribution in [0.15, 0.2) is 42.5 Å². The number of amides is 1. The number of hydrogen-bond acceptors (Lipinski definition) is 3. The lowest BCUT2D eigenvalue weighted by Gasteiger charge is -2.17. The summed E-state index contributed by atoms with van der Waals surface area (Å²) >= 11 is 0. The fraction of sp³-hybridized carbons (Fsp3) is 0.278. The van der Waals surface area contributed by atoms with Crippen molar-refractivity contribution in [2.24, 2.45) is 5.92 Å². The molecule has 0 unspecified atom stereocenters. The van der Waals surface area contributed by atoms with E-state index >= 15 is 0 Å². The zero-order valence-corrected chi connectivity index (χ0v) is 12.9. The number of nitrogens with zero attached hydrogens (tertiary/aromatic N) is 2. The maximum absolute atomic E-state index is 12.6. The minimum absolute atomic E-state index is 0.140. The van der Waals surface area contributed by atoms with Crippen LogP contribution in [0.25, 0.3) is 11.3 Å². The second kappa shape index (κ2) is 6.20. The lowest BCUT2D eigenvalue weighted by atomic mass is 10.1. The molecule has 0 saturated carbocycles. The van der Waals surface area contributed by atoms with Crippen molar-refractivity contribution in [3.63, 3.8) is 0 Å². The molecule has 1 atom stereocenters. The summed E-state index contributed by atoms with van der Waals surface area (Å²) in [7, 11) is 0. The molecule has 2 aromatic rings. The number of hydrogen-bond donors (Lipinski definition) is 1. The van der Waals surface area contributed by atoms with E-state index in [4.69, 9.17) is 5.11 Å². The number of carboxylic acid groups (broad SMARTS) is 1. The predicted molar refractivity (Wildman–Crippen MR) is 86.1 cm³/mol. The van der Waals surface area contributed by atoms with E-state index in [9.17, 15) is 9.59 Å². The van der Waals surface area contributed by atoms with Crippen molar-refractivity contribution in [1.29, 1.82) is 0 Å². The number of aromatic nitrogens is 1. The molecule has 0 aliphatic carbocycles. The van der Waals surface area contributed by atoms with Crippen molar-refractivity contribution in [2.75, 3.05) is 13.1 Å². The van der Waals surface area contributed by atoms with Gasteiger partial charge in [-0.2, -0.15) is 0 Å². The van der Waals surface area contributed by atoms with E-state index in [-0.39, 0.29) is 12.5 Å². The molecule has 0 bridgehead atoms. The van der Waals surface area contributed by atoms with Crippen molar-refractivity contribution in [2.45, 2.75) is 13.3 Å². The Morgan fingerprint density at radius 1 is 1.17 bits per heavy atom. The van der Waals surface area contributed by atoms with Crippen LogP contribution in [0.5, 0.6) is 0 Å². The van der Waals surface area contributed by atoms with Gasteiger partial charge in [0.05, 0.1) is 22.9 Å². The summed E-state index contributed by atoms with van der Waals surface area (Å²) in [6, 6.07) is 13.4. The quantitative estimate of drug-likeness (QED) is 0.946. The van der Waals surface area contributed by atoms with Crippen LogP contribution in [0.4, 0.5) is 0 Å². The van der Waals surface area contributed by atoms with Crippen LogP contribution in [0, 0.1) is 12.8 Å². The van der Waals surface area contributed by atoms with Crippen molar-refractivity contribution in [3.05, 3.63) is 53.7 Å². The SMILES string of the molecule is Cc1nc(-c2ccccc2)ccc1C(=O)N1CC[C@H](C(=O)O)C1. The largest absolute Gasteiger partial charge is 0.481 e. The first-order chi connectivity index (χ1) is 11.1. The number of rotatable bonds is 3. The lowest BCUT2D eigenvalue weighted by Crippen LogP contribution is -2.30. The normalized spacial score (nSPS) is 17.3. The van der Waals surface area contributed by atoms with E-state index in [0.29, 0.717) is 24.2 Å². The molecule has 0 radical (unpaired) electrons. The van der Waals surface area contributed by atoms with E-state index in [0.717, 1.165) is 11.3 Å². The Bertz CT molecular complexity index is 743. The topological polar surface area (TPSA) is 70.5 Å². The molecule has 5 heteroatoms. The Morgan fingerprint density at radius 3 is 2.52 bits per heavy atom. The average molecular weight is 310 g/mol. The van der Waals surface area contributed by atoms with Crippen LogP contribution in [0.3, 0.4) is 0 Å². The van der Waals surface area contributed by atoms with Crippen LogP contribution < -0.4 is 0 Å². The van der Waals surface area contributed by atoms with Crippen LogP contribution >= 0.6 is 0 Å². The van der Waals surface area contributed by atoms with E-state index in [2.05, 4.69) is 4.98 Å². The Labute approximate surface area is 134 Å². The first-order valence-electron chi connectivity index (χ1n) is 7.61. The number of carbonyl (C=O) groups is 2. The molecule has 5 nitrogen and oxygen atoms in total. The van der Waals surface area contributed by atoms with E-state index in [1.54, 1.807) is 11.0 Å². The second-order valence-corrected chi connectivity index (χ2v) is 5.77. The number of benzene rings is 1. The van der Waals surface area contributed by atoms with Crippen LogP contribution in [0.2, 0.25) is 0 Å². The Morgan fingerprint density at radius 2 is 1.91 bits per heavy atom. The minimum atomic E-state index is -0.838. The summed E-state index contributed by atoms with van der Waals surface area (Å²) in [5.41, 5.74) is 3.03. The van der Waals surface area contributed by atoms with E-state index in [1.807, 2.05) is 43.3 Å². The van der Waals surface area contributed by atoms with Gasteiger partial charge in [-0.1, -0.05) is 30.3 Å². The number of aliphatic carboxylic acids is 1. The van der Waals surface area contributed by atoms with Gasteiger partial charge < -0.3 is 10.0 Å². The van der Waals surface area contributed by atoms with Gasteiger partial charge in [-0.05, 0) is 25.5 Å². The third-order valence-electron chi connectivity index (χ3n) is 4.21. The molecule has 1 aromatic heterocycles. The Kier molecular flexibility index (Phi) is 4.10. The zero-order valence-electron chi connectivity index (χ0n) is 12.9. The van der Waals surface area contributed by atoms with Gasteiger partial charge in [0.2, 0.25) is 0 Å². The molecular weight excluding hydrogens is 292 g/mol. The Balaban J connectivity index is 1.81. The molecule has 23 heavy (non-hydrogen) atoms. The van der Waals surface area contributed by atoms with Gasteiger partial charge in [-0.15, -0.1) is 0 Å². The molecule has 1 N–H and O–H groups in total. The fourth-order valence-corrected chi connectivity index (χ4v) is 2.87. The summed E-state index contributed by atoms with van der Waals surface area (Å²) in [5, 5.41) is 9.05. The molecule has 1 saturated heterocycles. The molecule has 3 rings (SSSR count). The van der Waals surface area contributed by atoms with Gasteiger partial charge in [0.1, 0.15) is 0 Å².